The molecule has 38 valence electrons. The fourth-order valence-corrected chi connectivity index (χ4v) is 0.136. The van der Waals surface area contributed by atoms with Gasteiger partial charge in [0.2, 0.25) is 22.9 Å². The third-order valence-corrected chi connectivity index (χ3v) is 0.550. The first-order valence-electron chi connectivity index (χ1n) is 1.15. The minimum absolute atomic E-state index is 0.553. The van der Waals surface area contributed by atoms with Crippen molar-refractivity contribution in [1.29, 1.82) is 0 Å². The fraction of sp³-hybridized carbons (Fsp3) is 0. The number of azide groups is 1. The van der Waals surface area contributed by atoms with Crippen molar-refractivity contribution < 1.29 is 0 Å². The van der Waals surface area contributed by atoms with E-state index >= 15 is 0 Å². The summed E-state index contributed by atoms with van der Waals surface area (Å²) in [6.07, 6.45) is 0. The molecule has 0 aliphatic carbocycles. The van der Waals surface area contributed by atoms with Crippen LogP contribution in [-0.4, -0.2) is 3.33 Å². The second-order valence-corrected chi connectivity index (χ2v) is 1.36. The highest BCUT2D eigenvalue weighted by Crippen LogP contribution is 1.97. The van der Waals surface area contributed by atoms with Gasteiger partial charge in [-0.05, 0) is 3.33 Å². The normalized spacial score (nSPS) is 6.43. The van der Waals surface area contributed by atoms with Crippen LogP contribution in [0.2, 0.25) is 0 Å². The Bertz CT molecular complexity index is 103. The van der Waals surface area contributed by atoms with Crippen molar-refractivity contribution in [3.8, 4) is 0 Å². The zero-order chi connectivity index (χ0) is 5.70. The summed E-state index contributed by atoms with van der Waals surface area (Å²) in [7, 11) is 0. The van der Waals surface area contributed by atoms with E-state index < -0.39 is 0 Å². The van der Waals surface area contributed by atoms with Crippen LogP contribution in [0.15, 0.2) is 10.5 Å². The molecule has 0 amide bonds. The number of nitroso groups, excluding NO2 is 1. The third-order valence-electron chi connectivity index (χ3n) is 0.181. The lowest BCUT2D eigenvalue weighted by Gasteiger charge is -1.80. The van der Waals surface area contributed by atoms with Crippen molar-refractivity contribution in [2.45, 2.75) is 0 Å². The molecule has 0 saturated heterocycles. The smallest absolute Gasteiger partial charge is 0.166 e. The van der Waals surface area contributed by atoms with Crippen molar-refractivity contribution in [2.24, 2.45) is 10.5 Å². The molecule has 0 aliphatic heterocycles. The van der Waals surface area contributed by atoms with E-state index in [1.54, 1.807) is 0 Å². The summed E-state index contributed by atoms with van der Waals surface area (Å²) in [5, 5.41) is 4.99. The molecule has 0 fully saturated rings. The Morgan fingerprint density at radius 3 is 2.57 bits per heavy atom. The SMILES string of the molecule is [N-]=[N+]=NN(I)N=O. The molecule has 0 saturated carbocycles. The molecule has 0 aromatic heterocycles. The quantitative estimate of drug-likeness (QED) is 0.132. The molecule has 7 heavy (non-hydrogen) atoms. The van der Waals surface area contributed by atoms with Gasteiger partial charge in [-0.15, -0.1) is 10.4 Å². The molecule has 0 spiro atoms. The van der Waals surface area contributed by atoms with Gasteiger partial charge in [-0.25, -0.2) is 0 Å². The van der Waals surface area contributed by atoms with Crippen LogP contribution in [0.4, 0.5) is 0 Å². The van der Waals surface area contributed by atoms with E-state index in [0.717, 1.165) is 0 Å². The Hall–Kier alpha value is -0.560. The van der Waals surface area contributed by atoms with Gasteiger partial charge < -0.3 is 0 Å². The predicted octanol–water partition coefficient (Wildman–Crippen LogP) is 1.55. The number of hydrogen-bond donors (Lipinski definition) is 0. The van der Waals surface area contributed by atoms with Crippen LogP contribution in [0.5, 0.6) is 0 Å². The van der Waals surface area contributed by atoms with Crippen LogP contribution in [0.1, 0.15) is 0 Å². The predicted molar refractivity (Wildman–Crippen MR) is 30.8 cm³/mol. The molecule has 0 bridgehead atoms. The first-order chi connectivity index (χ1) is 3.31. The lowest BCUT2D eigenvalue weighted by Crippen LogP contribution is -1.83. The molecule has 0 unspecified atom stereocenters. The Balaban J connectivity index is 3.56. The minimum Gasteiger partial charge on any atom is -0.166 e. The molecule has 0 radical (unpaired) electrons. The van der Waals surface area contributed by atoms with Crippen molar-refractivity contribution in [1.82, 2.24) is 3.33 Å². The fourth-order valence-electron chi connectivity index (χ4n) is 0.0493. The molecule has 0 aliphatic rings. The molecule has 6 nitrogen and oxygen atoms in total. The van der Waals surface area contributed by atoms with Gasteiger partial charge in [0.1, 0.15) is 0 Å². The van der Waals surface area contributed by atoms with E-state index in [1.165, 1.54) is 22.9 Å². The zero-order valence-electron chi connectivity index (χ0n) is 3.02. The lowest BCUT2D eigenvalue weighted by molar-refractivity contribution is 0.570. The second kappa shape index (κ2) is 3.62. The van der Waals surface area contributed by atoms with Gasteiger partial charge in [0, 0.05) is 5.22 Å². The second-order valence-electron chi connectivity index (χ2n) is 0.501. The van der Waals surface area contributed by atoms with Gasteiger partial charge in [-0.2, -0.15) is 4.91 Å². The average molecular weight is 213 g/mol. The summed E-state index contributed by atoms with van der Waals surface area (Å²) in [5.41, 5.74) is 7.58. The highest BCUT2D eigenvalue weighted by atomic mass is 127. The maximum Gasteiger partial charge on any atom is 0.245 e. The first-order valence-corrected chi connectivity index (χ1v) is 2.12. The zero-order valence-corrected chi connectivity index (χ0v) is 5.18. The average Bonchev–Trinajstić information content (AvgIpc) is 1.68. The van der Waals surface area contributed by atoms with Crippen LogP contribution < -0.4 is 0 Å². The van der Waals surface area contributed by atoms with E-state index in [1.807, 2.05) is 0 Å². The van der Waals surface area contributed by atoms with E-state index in [2.05, 4.69) is 15.4 Å². The van der Waals surface area contributed by atoms with Gasteiger partial charge in [0.25, 0.3) is 0 Å². The Morgan fingerprint density at radius 2 is 2.43 bits per heavy atom. The van der Waals surface area contributed by atoms with Gasteiger partial charge in [0.15, 0.2) is 5.29 Å². The molecule has 0 aromatic rings. The molecule has 0 rings (SSSR count). The molecular formula is IN5O. The van der Waals surface area contributed by atoms with Crippen LogP contribution >= 0.6 is 22.9 Å². The third kappa shape index (κ3) is 3.27. The highest BCUT2D eigenvalue weighted by Gasteiger charge is 1.89. The van der Waals surface area contributed by atoms with E-state index in [4.69, 9.17) is 5.53 Å². The van der Waals surface area contributed by atoms with Crippen LogP contribution in [-0.2, 0) is 0 Å². The number of nitrogens with zero attached hydrogens (tertiary/aromatic N) is 5. The number of rotatable bonds is 2. The molecule has 0 heterocycles. The minimum atomic E-state index is 0.553. The Labute approximate surface area is 52.5 Å². The largest absolute Gasteiger partial charge is 0.245 e. The number of halogens is 1. The van der Waals surface area contributed by atoms with Crippen molar-refractivity contribution in [2.75, 3.05) is 0 Å². The van der Waals surface area contributed by atoms with E-state index in [9.17, 15) is 4.91 Å². The van der Waals surface area contributed by atoms with Crippen molar-refractivity contribution in [3.63, 3.8) is 0 Å². The van der Waals surface area contributed by atoms with Crippen molar-refractivity contribution >= 4 is 22.9 Å². The summed E-state index contributed by atoms with van der Waals surface area (Å²) in [6, 6.07) is 0. The summed E-state index contributed by atoms with van der Waals surface area (Å²) in [6.45, 7) is 0. The summed E-state index contributed by atoms with van der Waals surface area (Å²) in [5.74, 6) is 0. The molecule has 0 aromatic carbocycles. The molecule has 0 atom stereocenters. The number of hydrogen-bond acceptors (Lipinski definition) is 3. The summed E-state index contributed by atoms with van der Waals surface area (Å²) >= 11 is 1.44. The molecule has 0 N–H and O–H groups in total. The van der Waals surface area contributed by atoms with Crippen molar-refractivity contribution in [3.05, 3.63) is 15.3 Å². The van der Waals surface area contributed by atoms with Gasteiger partial charge in [-0.1, -0.05) is 0 Å². The summed E-state index contributed by atoms with van der Waals surface area (Å²) in [4.78, 5) is 11.6. The van der Waals surface area contributed by atoms with E-state index in [0.29, 0.717) is 3.33 Å². The molecule has 7 heteroatoms. The monoisotopic (exact) mass is 213 g/mol. The van der Waals surface area contributed by atoms with E-state index in [-0.39, 0.29) is 0 Å². The van der Waals surface area contributed by atoms with Crippen LogP contribution in [0, 0.1) is 4.91 Å². The van der Waals surface area contributed by atoms with Crippen LogP contribution in [0.25, 0.3) is 10.4 Å². The maximum atomic E-state index is 9.30. The Morgan fingerprint density at radius 1 is 1.86 bits per heavy atom. The van der Waals surface area contributed by atoms with Gasteiger partial charge in [0.05, 0.1) is 0 Å². The standard InChI is InChI=1S/IN5O/c1-6(5-7)4-3-2. The highest BCUT2D eigenvalue weighted by molar-refractivity contribution is 14.1. The maximum absolute atomic E-state index is 9.30. The topological polar surface area (TPSA) is 81.4 Å². The van der Waals surface area contributed by atoms with Crippen LogP contribution in [0.3, 0.4) is 0 Å². The summed E-state index contributed by atoms with van der Waals surface area (Å²) < 4.78 is 0.553. The van der Waals surface area contributed by atoms with Gasteiger partial charge >= 0.3 is 0 Å². The first kappa shape index (κ1) is 6.44. The van der Waals surface area contributed by atoms with Gasteiger partial charge in [-0.3, -0.25) is 0 Å². The lowest BCUT2D eigenvalue weighted by atomic mass is 12.4. The Kier molecular flexibility index (Phi) is 3.33. The molecular weight excluding hydrogens is 213 g/mol.